The van der Waals surface area contributed by atoms with E-state index in [0.717, 1.165) is 0 Å². The van der Waals surface area contributed by atoms with Crippen LogP contribution in [0.1, 0.15) is 18.4 Å². The fraction of sp³-hybridized carbons (Fsp3) is 0.286. The fourth-order valence-electron chi connectivity index (χ4n) is 2.55. The first-order valence-corrected chi connectivity index (χ1v) is 6.54. The van der Waals surface area contributed by atoms with Crippen LogP contribution in [-0.4, -0.2) is 25.0 Å². The van der Waals surface area contributed by atoms with Gasteiger partial charge < -0.3 is 10.6 Å². The predicted molar refractivity (Wildman–Crippen MR) is 71.9 cm³/mol. The average molecular weight is 293 g/mol. The summed E-state index contributed by atoms with van der Waals surface area (Å²) < 4.78 is 25.6. The van der Waals surface area contributed by atoms with E-state index in [4.69, 9.17) is 0 Å². The molecule has 1 aromatic carbocycles. The molecular weight excluding hydrogens is 280 g/mol. The third-order valence-corrected chi connectivity index (χ3v) is 3.54. The lowest BCUT2D eigenvalue weighted by molar-refractivity contribution is -0.117. The number of nitrogens with zero attached hydrogens (tertiary/aromatic N) is 1. The number of hydrogen-bond donors (Lipinski definition) is 2. The number of carbonyl (C=O) groups is 2. The van der Waals surface area contributed by atoms with Crippen molar-refractivity contribution in [3.8, 4) is 0 Å². The number of halogens is 2. The van der Waals surface area contributed by atoms with Crippen LogP contribution in [0.25, 0.3) is 0 Å². The first kappa shape index (κ1) is 13.5. The Morgan fingerprint density at radius 1 is 1.19 bits per heavy atom. The molecule has 21 heavy (non-hydrogen) atoms. The quantitative estimate of drug-likeness (QED) is 0.875. The van der Waals surface area contributed by atoms with E-state index >= 15 is 0 Å². The molecule has 3 amide bonds. The number of anilines is 1. The molecule has 0 fully saturated rings. The van der Waals surface area contributed by atoms with Gasteiger partial charge in [0.05, 0.1) is 17.8 Å². The van der Waals surface area contributed by atoms with Gasteiger partial charge in [0.15, 0.2) is 0 Å². The van der Waals surface area contributed by atoms with Crippen molar-refractivity contribution in [3.05, 3.63) is 41.1 Å². The van der Waals surface area contributed by atoms with E-state index < -0.39 is 12.5 Å². The van der Waals surface area contributed by atoms with E-state index in [1.54, 1.807) is 6.07 Å². The van der Waals surface area contributed by atoms with Gasteiger partial charge in [0.25, 0.3) is 12.3 Å². The average Bonchev–Trinajstić information content (AvgIpc) is 2.47. The van der Waals surface area contributed by atoms with Gasteiger partial charge in [-0.2, -0.15) is 0 Å². The maximum atomic E-state index is 12.8. The molecule has 0 aromatic heterocycles. The van der Waals surface area contributed by atoms with Crippen molar-refractivity contribution in [2.24, 2.45) is 0 Å². The summed E-state index contributed by atoms with van der Waals surface area (Å²) >= 11 is 0. The van der Waals surface area contributed by atoms with E-state index in [-0.39, 0.29) is 18.0 Å². The maximum absolute atomic E-state index is 12.8. The molecule has 2 heterocycles. The summed E-state index contributed by atoms with van der Waals surface area (Å²) in [5, 5.41) is 5.29. The van der Waals surface area contributed by atoms with Gasteiger partial charge in [0, 0.05) is 24.2 Å². The number of amides is 3. The molecule has 7 heteroatoms. The number of nitrogens with one attached hydrogen (secondary N) is 2. The van der Waals surface area contributed by atoms with Crippen molar-refractivity contribution in [2.45, 2.75) is 12.8 Å². The monoisotopic (exact) mass is 293 g/mol. The summed E-state index contributed by atoms with van der Waals surface area (Å²) in [5.41, 5.74) is 1.23. The van der Waals surface area contributed by atoms with Crippen LogP contribution in [0.2, 0.25) is 0 Å². The second-order valence-electron chi connectivity index (χ2n) is 4.82. The van der Waals surface area contributed by atoms with Crippen LogP contribution < -0.4 is 15.5 Å². The third-order valence-electron chi connectivity index (χ3n) is 3.54. The number of urea groups is 1. The zero-order valence-electron chi connectivity index (χ0n) is 11.0. The molecule has 1 aromatic rings. The Labute approximate surface area is 119 Å². The van der Waals surface area contributed by atoms with Crippen molar-refractivity contribution in [2.75, 3.05) is 18.0 Å². The van der Waals surface area contributed by atoms with Gasteiger partial charge in [-0.15, -0.1) is 0 Å². The van der Waals surface area contributed by atoms with Crippen molar-refractivity contribution < 1.29 is 18.4 Å². The fourth-order valence-corrected chi connectivity index (χ4v) is 2.55. The van der Waals surface area contributed by atoms with Gasteiger partial charge in [-0.25, -0.2) is 13.6 Å². The molecule has 0 unspecified atom stereocenters. The van der Waals surface area contributed by atoms with E-state index in [2.05, 4.69) is 10.6 Å². The van der Waals surface area contributed by atoms with Crippen molar-refractivity contribution in [1.82, 2.24) is 10.6 Å². The number of rotatable bonds is 2. The molecule has 0 aliphatic carbocycles. The Morgan fingerprint density at radius 3 is 2.76 bits per heavy atom. The van der Waals surface area contributed by atoms with Crippen LogP contribution in [-0.2, 0) is 4.79 Å². The van der Waals surface area contributed by atoms with Crippen molar-refractivity contribution in [3.63, 3.8) is 0 Å². The highest BCUT2D eigenvalue weighted by molar-refractivity contribution is 6.04. The first-order valence-electron chi connectivity index (χ1n) is 6.54. The number of alkyl halides is 2. The first-order chi connectivity index (χ1) is 10.1. The molecule has 3 rings (SSSR count). The summed E-state index contributed by atoms with van der Waals surface area (Å²) in [5.74, 6) is -0.230. The van der Waals surface area contributed by atoms with Gasteiger partial charge in [0.2, 0.25) is 0 Å². The lowest BCUT2D eigenvalue weighted by Gasteiger charge is -2.34. The third kappa shape index (κ3) is 2.35. The summed E-state index contributed by atoms with van der Waals surface area (Å²) in [7, 11) is 0. The Balaban J connectivity index is 2.06. The van der Waals surface area contributed by atoms with E-state index in [1.165, 1.54) is 23.1 Å². The van der Waals surface area contributed by atoms with Crippen LogP contribution in [0.3, 0.4) is 0 Å². The zero-order valence-corrected chi connectivity index (χ0v) is 11.0. The summed E-state index contributed by atoms with van der Waals surface area (Å²) in [6, 6.07) is 5.22. The van der Waals surface area contributed by atoms with E-state index in [0.29, 0.717) is 29.9 Å². The SMILES string of the molecule is O=C1NCCC2=C1CNC(=O)N2c1cccc(C(F)F)c1. The maximum Gasteiger partial charge on any atom is 0.326 e. The Hall–Kier alpha value is -2.44. The van der Waals surface area contributed by atoms with Gasteiger partial charge in [0.1, 0.15) is 0 Å². The molecule has 2 aliphatic heterocycles. The lowest BCUT2D eigenvalue weighted by Crippen LogP contribution is -2.51. The minimum absolute atomic E-state index is 0.158. The molecule has 2 aliphatic rings. The highest BCUT2D eigenvalue weighted by Crippen LogP contribution is 2.30. The Bertz CT molecular complexity index is 643. The smallest absolute Gasteiger partial charge is 0.326 e. The number of benzene rings is 1. The summed E-state index contributed by atoms with van der Waals surface area (Å²) in [6.45, 7) is 0.584. The molecule has 0 radical (unpaired) electrons. The molecule has 0 saturated carbocycles. The van der Waals surface area contributed by atoms with Crippen LogP contribution >= 0.6 is 0 Å². The minimum atomic E-state index is -2.61. The van der Waals surface area contributed by atoms with Crippen LogP contribution in [0, 0.1) is 0 Å². The molecule has 0 bridgehead atoms. The minimum Gasteiger partial charge on any atom is -0.352 e. The van der Waals surface area contributed by atoms with Gasteiger partial charge in [-0.05, 0) is 12.1 Å². The van der Waals surface area contributed by atoms with Gasteiger partial charge in [-0.1, -0.05) is 12.1 Å². The van der Waals surface area contributed by atoms with Gasteiger partial charge in [-0.3, -0.25) is 9.69 Å². The van der Waals surface area contributed by atoms with Crippen LogP contribution in [0.15, 0.2) is 35.5 Å². The van der Waals surface area contributed by atoms with Gasteiger partial charge >= 0.3 is 6.03 Å². The zero-order chi connectivity index (χ0) is 15.0. The molecule has 0 atom stereocenters. The second-order valence-corrected chi connectivity index (χ2v) is 4.82. The number of hydrogen-bond acceptors (Lipinski definition) is 2. The Kier molecular flexibility index (Phi) is 3.32. The summed E-state index contributed by atoms with van der Waals surface area (Å²) in [4.78, 5) is 25.2. The molecular formula is C14H13F2N3O2. The summed E-state index contributed by atoms with van der Waals surface area (Å²) in [6.07, 6.45) is -2.12. The van der Waals surface area contributed by atoms with Crippen molar-refractivity contribution in [1.29, 1.82) is 0 Å². The van der Waals surface area contributed by atoms with Crippen molar-refractivity contribution >= 4 is 17.6 Å². The normalized spacial score (nSPS) is 18.5. The highest BCUT2D eigenvalue weighted by Gasteiger charge is 2.33. The highest BCUT2D eigenvalue weighted by atomic mass is 19.3. The molecule has 110 valence electrons. The molecule has 0 saturated heterocycles. The van der Waals surface area contributed by atoms with E-state index in [9.17, 15) is 18.4 Å². The standard InChI is InChI=1S/C14H13F2N3O2/c15-12(16)8-2-1-3-9(6-8)19-11-4-5-17-13(20)10(11)7-18-14(19)21/h1-3,6,12H,4-5,7H2,(H,17,20)(H,18,21). The largest absolute Gasteiger partial charge is 0.352 e. The number of carbonyl (C=O) groups excluding carboxylic acids is 2. The van der Waals surface area contributed by atoms with Crippen LogP contribution in [0.5, 0.6) is 0 Å². The topological polar surface area (TPSA) is 61.4 Å². The Morgan fingerprint density at radius 2 is 2.00 bits per heavy atom. The molecule has 5 nitrogen and oxygen atoms in total. The molecule has 2 N–H and O–H groups in total. The second kappa shape index (κ2) is 5.16. The molecule has 0 spiro atoms. The predicted octanol–water partition coefficient (Wildman–Crippen LogP) is 1.93. The van der Waals surface area contributed by atoms with E-state index in [1.807, 2.05) is 0 Å². The lowest BCUT2D eigenvalue weighted by atomic mass is 10.0. The van der Waals surface area contributed by atoms with Crippen LogP contribution in [0.4, 0.5) is 19.3 Å².